The molecule has 0 saturated heterocycles. The van der Waals surface area contributed by atoms with Crippen LogP contribution in [0.1, 0.15) is 0 Å². The molecule has 10 aromatic carbocycles. The molecule has 0 N–H and O–H groups in total. The summed E-state index contributed by atoms with van der Waals surface area (Å²) in [7, 11) is 0. The van der Waals surface area contributed by atoms with Crippen molar-refractivity contribution in [2.24, 2.45) is 0 Å². The molecule has 3 aliphatic heterocycles. The van der Waals surface area contributed by atoms with Gasteiger partial charge in [0.1, 0.15) is 0 Å². The summed E-state index contributed by atoms with van der Waals surface area (Å²) in [5.41, 5.74) is 24.4. The van der Waals surface area contributed by atoms with Crippen LogP contribution < -0.4 is 65.6 Å². The summed E-state index contributed by atoms with van der Waals surface area (Å²) in [6, 6.07) is 87.1. The van der Waals surface area contributed by atoms with Crippen molar-refractivity contribution < 1.29 is 0 Å². The molecule has 15 rings (SSSR count). The van der Waals surface area contributed by atoms with Crippen molar-refractivity contribution in [1.82, 2.24) is 9.13 Å². The Morgan fingerprint density at radius 2 is 0.470 bits per heavy atom. The van der Waals surface area contributed by atoms with Gasteiger partial charge in [0.2, 0.25) is 26.9 Å². The van der Waals surface area contributed by atoms with Crippen LogP contribution in [0.2, 0.25) is 0 Å². The van der Waals surface area contributed by atoms with Crippen molar-refractivity contribution in [3.63, 3.8) is 0 Å². The number of para-hydroxylation sites is 4. The van der Waals surface area contributed by atoms with Crippen LogP contribution in [0.3, 0.4) is 0 Å². The normalized spacial score (nSPS) is 13.3. The fraction of sp³-hybridized carbons (Fsp3) is 0. The molecular formula is C60H38B4N2. The number of rotatable bonds is 4. The van der Waals surface area contributed by atoms with Crippen LogP contribution in [0.25, 0.3) is 55.0 Å². The Balaban J connectivity index is 0.878. The van der Waals surface area contributed by atoms with Gasteiger partial charge >= 0.3 is 0 Å². The zero-order chi connectivity index (χ0) is 43.0. The van der Waals surface area contributed by atoms with E-state index in [0.29, 0.717) is 0 Å². The number of aromatic nitrogens is 2. The molecule has 0 unspecified atom stereocenters. The average molecular weight is 830 g/mol. The molecule has 66 heavy (non-hydrogen) atoms. The molecule has 0 spiro atoms. The summed E-state index contributed by atoms with van der Waals surface area (Å²) in [5.74, 6) is 0. The van der Waals surface area contributed by atoms with Crippen LogP contribution in [0, 0.1) is 0 Å². The zero-order valence-electron chi connectivity index (χ0n) is 36.1. The van der Waals surface area contributed by atoms with Crippen molar-refractivity contribution in [3.8, 4) is 11.4 Å². The summed E-state index contributed by atoms with van der Waals surface area (Å²) >= 11 is 0. The van der Waals surface area contributed by atoms with Crippen molar-refractivity contribution in [1.29, 1.82) is 0 Å². The van der Waals surface area contributed by atoms with E-state index in [2.05, 4.69) is 240 Å². The summed E-state index contributed by atoms with van der Waals surface area (Å²) in [4.78, 5) is 0. The van der Waals surface area contributed by atoms with Gasteiger partial charge in [-0.05, 0) is 48.5 Å². The van der Waals surface area contributed by atoms with Gasteiger partial charge in [-0.3, -0.25) is 0 Å². The highest BCUT2D eigenvalue weighted by molar-refractivity contribution is 7.21. The third-order valence-electron chi connectivity index (χ3n) is 15.5. The van der Waals surface area contributed by atoms with Crippen molar-refractivity contribution >= 4 is 136 Å². The number of fused-ring (bicyclic) bond motifs is 12. The van der Waals surface area contributed by atoms with Gasteiger partial charge in [0.15, 0.2) is 0 Å². The predicted octanol–water partition coefficient (Wildman–Crippen LogP) is 4.89. The van der Waals surface area contributed by atoms with Crippen LogP contribution in [0.5, 0.6) is 0 Å². The maximum absolute atomic E-state index is 2.45. The van der Waals surface area contributed by atoms with Crippen LogP contribution in [0.15, 0.2) is 231 Å². The highest BCUT2D eigenvalue weighted by Crippen LogP contribution is 2.33. The van der Waals surface area contributed by atoms with Crippen LogP contribution in [-0.2, 0) is 0 Å². The SMILES string of the molecule is c1ccc2c(c1)B(c1ccc(-n3c4ccccc4c4ccccc43)cc1)c1cccc3c1B2c1cccc2c1B3c1ccccc1B2c1ccc(-n2c3ccccc3c3ccccc32)cc1. The molecule has 3 aliphatic rings. The molecule has 0 radical (unpaired) electrons. The van der Waals surface area contributed by atoms with E-state index in [9.17, 15) is 0 Å². The van der Waals surface area contributed by atoms with Gasteiger partial charge in [-0.15, -0.1) is 0 Å². The Morgan fingerprint density at radius 3 is 0.803 bits per heavy atom. The first kappa shape index (κ1) is 36.4. The maximum Gasteiger partial charge on any atom is 0.240 e. The van der Waals surface area contributed by atoms with Crippen molar-refractivity contribution in [2.45, 2.75) is 0 Å². The Morgan fingerprint density at radius 1 is 0.212 bits per heavy atom. The van der Waals surface area contributed by atoms with E-state index in [0.717, 1.165) is 0 Å². The topological polar surface area (TPSA) is 9.86 Å². The molecule has 300 valence electrons. The minimum absolute atomic E-state index is 0.115. The van der Waals surface area contributed by atoms with Gasteiger partial charge in [-0.25, -0.2) is 0 Å². The number of hydrogen-bond acceptors (Lipinski definition) is 0. The van der Waals surface area contributed by atoms with E-state index in [4.69, 9.17) is 0 Å². The molecule has 0 amide bonds. The lowest BCUT2D eigenvalue weighted by molar-refractivity contribution is 1.18. The molecule has 2 aromatic heterocycles. The Labute approximate surface area is 385 Å². The second kappa shape index (κ2) is 13.8. The minimum Gasteiger partial charge on any atom is -0.309 e. The highest BCUT2D eigenvalue weighted by Gasteiger charge is 2.49. The standard InChI is InChI=1S/C60H38B4N2/c1-9-27-55-43(15-1)44-16-2-10-28-56(44)65(55)41-35-31-39(32-36-41)61-47-19-5-7-21-49(47)63-54-26-14-24-52-60(54)64(53-25-13-23-51(61)59(53)63)50-22-8-6-20-48(50)62(52)40-33-37-42(38-34-40)66-57-29-11-3-17-45(57)46-18-4-12-30-58(46)66/h1-38H. The first-order valence-electron chi connectivity index (χ1n) is 23.4. The fourth-order valence-electron chi connectivity index (χ4n) is 13.0. The quantitative estimate of drug-likeness (QED) is 0.224. The molecular weight excluding hydrogens is 792 g/mol. The van der Waals surface area contributed by atoms with Crippen LogP contribution in [-0.4, -0.2) is 36.0 Å². The predicted molar refractivity (Wildman–Crippen MR) is 286 cm³/mol. The summed E-state index contributed by atoms with van der Waals surface area (Å²) in [6.07, 6.45) is 0. The fourth-order valence-corrected chi connectivity index (χ4v) is 13.0. The first-order valence-corrected chi connectivity index (χ1v) is 23.4. The Kier molecular flexibility index (Phi) is 7.60. The number of hydrogen-bond donors (Lipinski definition) is 0. The van der Waals surface area contributed by atoms with Gasteiger partial charge in [0.25, 0.3) is 0 Å². The molecule has 6 heteroatoms. The van der Waals surface area contributed by atoms with Gasteiger partial charge in [-0.1, -0.05) is 248 Å². The van der Waals surface area contributed by atoms with Gasteiger partial charge in [0.05, 0.1) is 22.1 Å². The summed E-state index contributed by atoms with van der Waals surface area (Å²) < 4.78 is 4.85. The van der Waals surface area contributed by atoms with E-state index < -0.39 is 0 Å². The van der Waals surface area contributed by atoms with Crippen LogP contribution in [0.4, 0.5) is 0 Å². The number of benzene rings is 10. The lowest BCUT2D eigenvalue weighted by Crippen LogP contribution is -2.89. The van der Waals surface area contributed by atoms with E-state index in [1.807, 2.05) is 0 Å². The molecule has 0 atom stereocenters. The minimum atomic E-state index is 0.115. The summed E-state index contributed by atoms with van der Waals surface area (Å²) in [6.45, 7) is 0.526. The molecule has 2 nitrogen and oxygen atoms in total. The highest BCUT2D eigenvalue weighted by atomic mass is 15.0. The smallest absolute Gasteiger partial charge is 0.240 e. The maximum atomic E-state index is 2.45. The third-order valence-corrected chi connectivity index (χ3v) is 15.5. The van der Waals surface area contributed by atoms with E-state index in [-0.39, 0.29) is 26.9 Å². The lowest BCUT2D eigenvalue weighted by atomic mass is 9.11. The molecule has 12 aromatic rings. The second-order valence-electron chi connectivity index (χ2n) is 18.6. The Bertz CT molecular complexity index is 3610. The molecule has 5 heterocycles. The number of nitrogens with zero attached hydrogens (tertiary/aromatic N) is 2. The third kappa shape index (κ3) is 4.91. The van der Waals surface area contributed by atoms with Crippen molar-refractivity contribution in [2.75, 3.05) is 0 Å². The average Bonchev–Trinajstić information content (AvgIpc) is 3.90. The Hall–Kier alpha value is -7.94. The monoisotopic (exact) mass is 830 g/mol. The zero-order valence-corrected chi connectivity index (χ0v) is 36.1. The van der Waals surface area contributed by atoms with E-state index in [1.54, 1.807) is 0 Å². The van der Waals surface area contributed by atoms with Crippen LogP contribution >= 0.6 is 0 Å². The lowest BCUT2D eigenvalue weighted by Gasteiger charge is -2.43. The first-order chi connectivity index (χ1) is 32.8. The molecule has 0 bridgehead atoms. The van der Waals surface area contributed by atoms with E-state index in [1.165, 1.54) is 121 Å². The molecule has 0 aliphatic carbocycles. The summed E-state index contributed by atoms with van der Waals surface area (Å²) in [5, 5.41) is 5.14. The second-order valence-corrected chi connectivity index (χ2v) is 18.6. The molecule has 0 fully saturated rings. The van der Waals surface area contributed by atoms with Crippen molar-refractivity contribution in [3.05, 3.63) is 231 Å². The molecule has 0 saturated carbocycles. The van der Waals surface area contributed by atoms with Gasteiger partial charge < -0.3 is 9.13 Å². The largest absolute Gasteiger partial charge is 0.309 e. The van der Waals surface area contributed by atoms with Gasteiger partial charge in [0, 0.05) is 32.9 Å². The van der Waals surface area contributed by atoms with E-state index >= 15 is 0 Å². The van der Waals surface area contributed by atoms with Gasteiger partial charge in [-0.2, -0.15) is 0 Å².